The highest BCUT2D eigenvalue weighted by atomic mass is 35.5. The van der Waals surface area contributed by atoms with Crippen LogP contribution in [0.3, 0.4) is 0 Å². The van der Waals surface area contributed by atoms with Crippen LogP contribution in [0.15, 0.2) is 18.2 Å². The SMILES string of the molecule is CS(=O)(=O)NCc1nc(NC(=O)Nc2ccc(Cl)cc2C(=O)C2CCCC2)sc1Cl. The summed E-state index contributed by atoms with van der Waals surface area (Å²) in [5, 5.41) is 5.82. The summed E-state index contributed by atoms with van der Waals surface area (Å²) in [6.45, 7) is -0.0886. The van der Waals surface area contributed by atoms with Crippen molar-refractivity contribution in [2.24, 2.45) is 5.92 Å². The van der Waals surface area contributed by atoms with Crippen LogP contribution in [-0.2, 0) is 16.6 Å². The van der Waals surface area contributed by atoms with Crippen molar-refractivity contribution in [2.75, 3.05) is 16.9 Å². The Kier molecular flexibility index (Phi) is 7.35. The molecule has 1 aromatic heterocycles. The Morgan fingerprint density at radius 3 is 2.57 bits per heavy atom. The minimum atomic E-state index is -3.40. The third-order valence-electron chi connectivity index (χ3n) is 4.59. The van der Waals surface area contributed by atoms with E-state index >= 15 is 0 Å². The number of sulfonamides is 1. The fourth-order valence-corrected chi connectivity index (χ4v) is 4.79. The third-order valence-corrected chi connectivity index (χ3v) is 6.75. The Bertz CT molecular complexity index is 1070. The number of carbonyl (C=O) groups is 2. The number of thiazole rings is 1. The van der Waals surface area contributed by atoms with Crippen molar-refractivity contribution in [1.82, 2.24) is 9.71 Å². The summed E-state index contributed by atoms with van der Waals surface area (Å²) < 4.78 is 25.0. The molecule has 0 unspecified atom stereocenters. The van der Waals surface area contributed by atoms with Gasteiger partial charge in [0.15, 0.2) is 10.9 Å². The number of Topliss-reactive ketones (excluding diaryl/α,β-unsaturated/α-hetero) is 1. The molecule has 1 fully saturated rings. The first-order valence-corrected chi connectivity index (χ1v) is 12.6. The highest BCUT2D eigenvalue weighted by Gasteiger charge is 2.26. The van der Waals surface area contributed by atoms with Crippen molar-refractivity contribution < 1.29 is 18.0 Å². The van der Waals surface area contributed by atoms with Crippen molar-refractivity contribution in [3.63, 3.8) is 0 Å². The van der Waals surface area contributed by atoms with E-state index in [0.717, 1.165) is 43.3 Å². The highest BCUT2D eigenvalue weighted by Crippen LogP contribution is 2.32. The maximum atomic E-state index is 12.8. The number of benzene rings is 1. The minimum absolute atomic E-state index is 0.0308. The van der Waals surface area contributed by atoms with Crippen LogP contribution in [-0.4, -0.2) is 31.5 Å². The molecule has 3 rings (SSSR count). The molecule has 8 nitrogen and oxygen atoms in total. The number of anilines is 2. The van der Waals surface area contributed by atoms with Gasteiger partial charge < -0.3 is 5.32 Å². The average molecular weight is 491 g/mol. The lowest BCUT2D eigenvalue weighted by Crippen LogP contribution is -2.23. The van der Waals surface area contributed by atoms with Crippen LogP contribution in [0, 0.1) is 5.92 Å². The Morgan fingerprint density at radius 1 is 1.20 bits per heavy atom. The van der Waals surface area contributed by atoms with Crippen LogP contribution in [0.4, 0.5) is 15.6 Å². The van der Waals surface area contributed by atoms with Gasteiger partial charge in [0.1, 0.15) is 4.34 Å². The molecular weight excluding hydrogens is 471 g/mol. The Morgan fingerprint density at radius 2 is 1.90 bits per heavy atom. The van der Waals surface area contributed by atoms with Crippen molar-refractivity contribution in [1.29, 1.82) is 0 Å². The lowest BCUT2D eigenvalue weighted by atomic mass is 9.95. The lowest BCUT2D eigenvalue weighted by molar-refractivity contribution is 0.0923. The van der Waals surface area contributed by atoms with Gasteiger partial charge in [-0.05, 0) is 31.0 Å². The zero-order valence-corrected chi connectivity index (χ0v) is 19.1. The quantitative estimate of drug-likeness (QED) is 0.493. The number of urea groups is 1. The van der Waals surface area contributed by atoms with Crippen LogP contribution in [0.5, 0.6) is 0 Å². The number of carbonyl (C=O) groups excluding carboxylic acids is 2. The van der Waals surface area contributed by atoms with E-state index in [1.165, 1.54) is 0 Å². The first-order valence-electron chi connectivity index (χ1n) is 9.14. The second-order valence-corrected chi connectivity index (χ2v) is 10.8. The molecule has 1 saturated carbocycles. The molecule has 2 amide bonds. The van der Waals surface area contributed by atoms with E-state index in [-0.39, 0.29) is 27.7 Å². The molecule has 0 saturated heterocycles. The molecule has 3 N–H and O–H groups in total. The van der Waals surface area contributed by atoms with Crippen molar-refractivity contribution >= 4 is 67.2 Å². The van der Waals surface area contributed by atoms with Crippen LogP contribution in [0.25, 0.3) is 0 Å². The van der Waals surface area contributed by atoms with E-state index < -0.39 is 16.1 Å². The number of hydrogen-bond donors (Lipinski definition) is 3. The number of ketones is 1. The molecule has 0 atom stereocenters. The average Bonchev–Trinajstić information content (AvgIpc) is 3.30. The predicted molar refractivity (Wildman–Crippen MR) is 119 cm³/mol. The van der Waals surface area contributed by atoms with E-state index in [0.29, 0.717) is 22.0 Å². The first-order chi connectivity index (χ1) is 14.1. The fourth-order valence-electron chi connectivity index (χ4n) is 3.18. The number of amides is 2. The maximum Gasteiger partial charge on any atom is 0.325 e. The fraction of sp³-hybridized carbons (Fsp3) is 0.389. The standard InChI is InChI=1S/C18H20Cl2N4O4S2/c1-30(27,28)21-9-14-16(20)29-18(23-14)24-17(26)22-13-7-6-11(19)8-12(13)15(25)10-4-2-3-5-10/h6-8,10,21H,2-5,9H2,1H3,(H2,22,23,24,26). The molecule has 1 heterocycles. The van der Waals surface area contributed by atoms with Gasteiger partial charge in [-0.15, -0.1) is 0 Å². The summed E-state index contributed by atoms with van der Waals surface area (Å²) >= 11 is 13.1. The van der Waals surface area contributed by atoms with E-state index in [1.54, 1.807) is 18.2 Å². The normalized spacial score (nSPS) is 14.6. The summed E-state index contributed by atoms with van der Waals surface area (Å²) in [5.74, 6) is -0.0912. The monoisotopic (exact) mass is 490 g/mol. The summed E-state index contributed by atoms with van der Waals surface area (Å²) in [7, 11) is -3.40. The Hall–Kier alpha value is -1.72. The summed E-state index contributed by atoms with van der Waals surface area (Å²) in [5.41, 5.74) is 1.03. The van der Waals surface area contributed by atoms with Gasteiger partial charge in [-0.2, -0.15) is 0 Å². The van der Waals surface area contributed by atoms with Gasteiger partial charge in [-0.1, -0.05) is 47.4 Å². The van der Waals surface area contributed by atoms with Gasteiger partial charge in [0.05, 0.1) is 24.2 Å². The van der Waals surface area contributed by atoms with Gasteiger partial charge in [0.25, 0.3) is 0 Å². The van der Waals surface area contributed by atoms with Gasteiger partial charge in [0, 0.05) is 16.5 Å². The highest BCUT2D eigenvalue weighted by molar-refractivity contribution is 7.88. The minimum Gasteiger partial charge on any atom is -0.307 e. The van der Waals surface area contributed by atoms with Crippen molar-refractivity contribution in [3.8, 4) is 0 Å². The molecule has 1 aliphatic rings. The van der Waals surface area contributed by atoms with Crippen molar-refractivity contribution in [2.45, 2.75) is 32.2 Å². The summed E-state index contributed by atoms with van der Waals surface area (Å²) in [6, 6.07) is 4.14. The molecule has 0 bridgehead atoms. The number of nitrogens with zero attached hydrogens (tertiary/aromatic N) is 1. The molecule has 0 spiro atoms. The summed E-state index contributed by atoms with van der Waals surface area (Å²) in [6.07, 6.45) is 4.72. The lowest BCUT2D eigenvalue weighted by Gasteiger charge is -2.14. The van der Waals surface area contributed by atoms with E-state index in [2.05, 4.69) is 20.3 Å². The molecule has 2 aromatic rings. The molecular formula is C18H20Cl2N4O4S2. The molecule has 30 heavy (non-hydrogen) atoms. The smallest absolute Gasteiger partial charge is 0.307 e. The van der Waals surface area contributed by atoms with Crippen LogP contribution >= 0.6 is 34.5 Å². The zero-order chi connectivity index (χ0) is 21.9. The topological polar surface area (TPSA) is 117 Å². The van der Waals surface area contributed by atoms with E-state index in [9.17, 15) is 18.0 Å². The van der Waals surface area contributed by atoms with Crippen LogP contribution in [0.1, 0.15) is 41.7 Å². The van der Waals surface area contributed by atoms with Gasteiger partial charge >= 0.3 is 6.03 Å². The van der Waals surface area contributed by atoms with E-state index in [1.807, 2.05) is 0 Å². The molecule has 162 valence electrons. The third kappa shape index (κ3) is 6.14. The zero-order valence-electron chi connectivity index (χ0n) is 16.0. The molecule has 1 aromatic carbocycles. The van der Waals surface area contributed by atoms with Gasteiger partial charge in [-0.25, -0.2) is 22.9 Å². The largest absolute Gasteiger partial charge is 0.325 e. The molecule has 1 aliphatic carbocycles. The van der Waals surface area contributed by atoms with Gasteiger partial charge in [-0.3, -0.25) is 10.1 Å². The second-order valence-electron chi connectivity index (χ2n) is 6.95. The van der Waals surface area contributed by atoms with Crippen molar-refractivity contribution in [3.05, 3.63) is 38.8 Å². The van der Waals surface area contributed by atoms with E-state index in [4.69, 9.17) is 23.2 Å². The Labute approximate surface area is 188 Å². The Balaban J connectivity index is 1.70. The first kappa shape index (κ1) is 23.0. The van der Waals surface area contributed by atoms with Crippen LogP contribution in [0.2, 0.25) is 9.36 Å². The number of halogens is 2. The number of nitrogens with one attached hydrogen (secondary N) is 3. The molecule has 0 aliphatic heterocycles. The second kappa shape index (κ2) is 9.61. The molecule has 12 heteroatoms. The summed E-state index contributed by atoms with van der Waals surface area (Å²) in [4.78, 5) is 29.4. The number of rotatable bonds is 7. The molecule has 0 radical (unpaired) electrons. The number of hydrogen-bond acceptors (Lipinski definition) is 6. The maximum absolute atomic E-state index is 12.8. The van der Waals surface area contributed by atoms with Crippen LogP contribution < -0.4 is 15.4 Å². The van der Waals surface area contributed by atoms with Gasteiger partial charge in [0.2, 0.25) is 10.0 Å². The predicted octanol–water partition coefficient (Wildman–Crippen LogP) is 4.52. The number of aromatic nitrogens is 1.